The lowest BCUT2D eigenvalue weighted by Gasteiger charge is -2.17. The Morgan fingerprint density at radius 2 is 2.16 bits per heavy atom. The lowest BCUT2D eigenvalue weighted by Crippen LogP contribution is -2.37. The molecule has 3 aromatic rings. The molecule has 1 aromatic carbocycles. The van der Waals surface area contributed by atoms with Crippen LogP contribution in [0.2, 0.25) is 10.0 Å². The zero-order valence-electron chi connectivity index (χ0n) is 13.5. The fourth-order valence-corrected chi connectivity index (χ4v) is 3.57. The Morgan fingerprint density at radius 1 is 1.32 bits per heavy atom. The van der Waals surface area contributed by atoms with Crippen molar-refractivity contribution in [3.05, 3.63) is 57.5 Å². The molecule has 0 saturated carbocycles. The van der Waals surface area contributed by atoms with Gasteiger partial charge in [0.05, 0.1) is 5.02 Å². The van der Waals surface area contributed by atoms with Crippen LogP contribution in [0, 0.1) is 0 Å². The SMILES string of the molecule is CC[C@@H](Oc1ncc(Cl)cc1Cl)C(=O)NCc1ccc2sccc2c1. The van der Waals surface area contributed by atoms with Gasteiger partial charge in [0, 0.05) is 17.4 Å². The number of nitrogens with one attached hydrogen (secondary N) is 1. The van der Waals surface area contributed by atoms with Crippen molar-refractivity contribution in [3.63, 3.8) is 0 Å². The van der Waals surface area contributed by atoms with Crippen LogP contribution in [0.4, 0.5) is 0 Å². The number of amides is 1. The molecule has 2 aromatic heterocycles. The quantitative estimate of drug-likeness (QED) is 0.634. The van der Waals surface area contributed by atoms with Crippen molar-refractivity contribution in [1.29, 1.82) is 0 Å². The van der Waals surface area contributed by atoms with Gasteiger partial charge in [-0.1, -0.05) is 36.2 Å². The van der Waals surface area contributed by atoms with Gasteiger partial charge in [0.15, 0.2) is 6.10 Å². The zero-order chi connectivity index (χ0) is 17.8. The van der Waals surface area contributed by atoms with Crippen LogP contribution in [-0.2, 0) is 11.3 Å². The molecule has 0 saturated heterocycles. The normalized spacial score (nSPS) is 12.1. The van der Waals surface area contributed by atoms with Crippen molar-refractivity contribution in [2.24, 2.45) is 0 Å². The third kappa shape index (κ3) is 4.42. The maximum Gasteiger partial charge on any atom is 0.261 e. The summed E-state index contributed by atoms with van der Waals surface area (Å²) >= 11 is 13.6. The first kappa shape index (κ1) is 18.0. The van der Waals surface area contributed by atoms with E-state index in [4.69, 9.17) is 27.9 Å². The predicted molar refractivity (Wildman–Crippen MR) is 103 cm³/mol. The van der Waals surface area contributed by atoms with Gasteiger partial charge in [-0.25, -0.2) is 4.98 Å². The Balaban J connectivity index is 1.63. The lowest BCUT2D eigenvalue weighted by molar-refractivity contribution is -0.128. The second kappa shape index (κ2) is 8.04. The molecule has 2 heterocycles. The summed E-state index contributed by atoms with van der Waals surface area (Å²) in [5.74, 6) is -0.00603. The van der Waals surface area contributed by atoms with E-state index in [1.54, 1.807) is 11.3 Å². The van der Waals surface area contributed by atoms with Gasteiger partial charge in [-0.05, 0) is 47.0 Å². The highest BCUT2D eigenvalue weighted by Gasteiger charge is 2.20. The second-order valence-corrected chi connectivity index (χ2v) is 7.26. The van der Waals surface area contributed by atoms with E-state index < -0.39 is 6.10 Å². The molecule has 1 atom stereocenters. The number of carbonyl (C=O) groups is 1. The molecule has 0 unspecified atom stereocenters. The first-order chi connectivity index (χ1) is 12.1. The van der Waals surface area contributed by atoms with Crippen molar-refractivity contribution >= 4 is 50.5 Å². The van der Waals surface area contributed by atoms with Gasteiger partial charge < -0.3 is 10.1 Å². The smallest absolute Gasteiger partial charge is 0.261 e. The molecule has 0 bridgehead atoms. The van der Waals surface area contributed by atoms with E-state index in [1.807, 2.05) is 13.0 Å². The Hall–Kier alpha value is -1.82. The fraction of sp³-hybridized carbons (Fsp3) is 0.222. The van der Waals surface area contributed by atoms with E-state index in [2.05, 4.69) is 33.9 Å². The molecule has 7 heteroatoms. The summed E-state index contributed by atoms with van der Waals surface area (Å²) in [5.41, 5.74) is 1.04. The molecule has 0 fully saturated rings. The van der Waals surface area contributed by atoms with Crippen LogP contribution in [0.1, 0.15) is 18.9 Å². The highest BCUT2D eigenvalue weighted by Crippen LogP contribution is 2.26. The number of aromatic nitrogens is 1. The minimum Gasteiger partial charge on any atom is -0.463 e. The van der Waals surface area contributed by atoms with E-state index in [0.29, 0.717) is 18.0 Å². The van der Waals surface area contributed by atoms with E-state index in [0.717, 1.165) is 5.56 Å². The van der Waals surface area contributed by atoms with E-state index >= 15 is 0 Å². The average molecular weight is 395 g/mol. The summed E-state index contributed by atoms with van der Waals surface area (Å²) in [7, 11) is 0. The van der Waals surface area contributed by atoms with E-state index in [9.17, 15) is 4.79 Å². The summed E-state index contributed by atoms with van der Waals surface area (Å²) in [4.78, 5) is 16.4. The van der Waals surface area contributed by atoms with Crippen molar-refractivity contribution < 1.29 is 9.53 Å². The van der Waals surface area contributed by atoms with Gasteiger partial charge in [-0.2, -0.15) is 0 Å². The number of fused-ring (bicyclic) bond motifs is 1. The third-order valence-electron chi connectivity index (χ3n) is 3.67. The Kier molecular flexibility index (Phi) is 5.78. The highest BCUT2D eigenvalue weighted by molar-refractivity contribution is 7.17. The van der Waals surface area contributed by atoms with Crippen LogP contribution < -0.4 is 10.1 Å². The Morgan fingerprint density at radius 3 is 2.92 bits per heavy atom. The number of thiophene rings is 1. The van der Waals surface area contributed by atoms with Crippen LogP contribution in [0.3, 0.4) is 0 Å². The van der Waals surface area contributed by atoms with Crippen molar-refractivity contribution in [3.8, 4) is 5.88 Å². The number of carbonyl (C=O) groups excluding carboxylic acids is 1. The van der Waals surface area contributed by atoms with Crippen molar-refractivity contribution in [1.82, 2.24) is 10.3 Å². The van der Waals surface area contributed by atoms with E-state index in [1.165, 1.54) is 22.3 Å². The first-order valence-corrected chi connectivity index (χ1v) is 9.42. The molecule has 0 aliphatic carbocycles. The summed E-state index contributed by atoms with van der Waals surface area (Å²) in [5, 5.41) is 6.83. The number of nitrogens with zero attached hydrogens (tertiary/aromatic N) is 1. The molecule has 25 heavy (non-hydrogen) atoms. The Bertz CT molecular complexity index is 898. The molecule has 1 N–H and O–H groups in total. The minimum absolute atomic E-state index is 0.202. The number of hydrogen-bond donors (Lipinski definition) is 1. The van der Waals surface area contributed by atoms with Gasteiger partial charge >= 0.3 is 0 Å². The summed E-state index contributed by atoms with van der Waals surface area (Å²) in [6, 6.07) is 9.75. The molecule has 0 spiro atoms. The van der Waals surface area contributed by atoms with Gasteiger partial charge in [-0.3, -0.25) is 4.79 Å². The van der Waals surface area contributed by atoms with Crippen LogP contribution in [0.25, 0.3) is 10.1 Å². The van der Waals surface area contributed by atoms with Gasteiger partial charge in [0.1, 0.15) is 5.02 Å². The van der Waals surface area contributed by atoms with Crippen LogP contribution in [-0.4, -0.2) is 17.0 Å². The summed E-state index contributed by atoms with van der Waals surface area (Å²) in [6.07, 6.45) is 1.26. The average Bonchev–Trinajstić information content (AvgIpc) is 3.07. The molecule has 3 rings (SSSR count). The zero-order valence-corrected chi connectivity index (χ0v) is 15.8. The molecule has 1 amide bonds. The maximum atomic E-state index is 12.4. The number of benzene rings is 1. The topological polar surface area (TPSA) is 51.2 Å². The maximum absolute atomic E-state index is 12.4. The van der Waals surface area contributed by atoms with Gasteiger partial charge in [0.2, 0.25) is 5.88 Å². The number of rotatable bonds is 6. The number of halogens is 2. The largest absolute Gasteiger partial charge is 0.463 e. The molecule has 0 aliphatic rings. The minimum atomic E-state index is -0.670. The fourth-order valence-electron chi connectivity index (χ4n) is 2.37. The molecule has 0 aliphatic heterocycles. The third-order valence-corrected chi connectivity index (χ3v) is 5.05. The van der Waals surface area contributed by atoms with Crippen molar-refractivity contribution in [2.75, 3.05) is 0 Å². The van der Waals surface area contributed by atoms with Gasteiger partial charge in [0.25, 0.3) is 5.91 Å². The highest BCUT2D eigenvalue weighted by atomic mass is 35.5. The van der Waals surface area contributed by atoms with Crippen molar-refractivity contribution in [2.45, 2.75) is 26.0 Å². The van der Waals surface area contributed by atoms with Crippen LogP contribution in [0.5, 0.6) is 5.88 Å². The number of hydrogen-bond acceptors (Lipinski definition) is 4. The van der Waals surface area contributed by atoms with Gasteiger partial charge in [-0.15, -0.1) is 11.3 Å². The summed E-state index contributed by atoms with van der Waals surface area (Å²) < 4.78 is 6.88. The van der Waals surface area contributed by atoms with Crippen LogP contribution in [0.15, 0.2) is 41.9 Å². The van der Waals surface area contributed by atoms with Crippen LogP contribution >= 0.6 is 34.5 Å². The lowest BCUT2D eigenvalue weighted by atomic mass is 10.1. The monoisotopic (exact) mass is 394 g/mol. The van der Waals surface area contributed by atoms with E-state index in [-0.39, 0.29) is 16.8 Å². The first-order valence-electron chi connectivity index (χ1n) is 7.78. The number of pyridine rings is 1. The molecular weight excluding hydrogens is 379 g/mol. The predicted octanol–water partition coefficient (Wildman–Crippen LogP) is 5.08. The molecular formula is C18H16Cl2N2O2S. The Labute approximate surface area is 159 Å². The molecule has 0 radical (unpaired) electrons. The molecule has 130 valence electrons. The standard InChI is InChI=1S/C18H16Cl2N2O2S/c1-2-15(24-18-14(20)8-13(19)10-22-18)17(23)21-9-11-3-4-16-12(7-11)5-6-25-16/h3-8,10,15H,2,9H2,1H3,(H,21,23)/t15-/m1/s1. The second-order valence-electron chi connectivity index (χ2n) is 5.47. The summed E-state index contributed by atoms with van der Waals surface area (Å²) in [6.45, 7) is 2.30. The molecule has 4 nitrogen and oxygen atoms in total. The number of ether oxygens (including phenoxy) is 1.